The van der Waals surface area contributed by atoms with Gasteiger partial charge in [0, 0.05) is 25.6 Å². The first kappa shape index (κ1) is 12.7. The standard InChI is InChI=1S/C48H29BO2S/c1-2-10-30(11-3-1)31-20-24-33(25-21-31)36-12-8-14-38-39-15-9-13-37(48(39)52-47(36)38)34-26-22-32(23-27-34)35-28-44-46-45(29-35)51-43-19-7-5-17-41(43)49(46)40-16-4-6-18-42(40)50-44/h1-29H/i1D,2D,3D,4D,5D,6D,7D,8D,9D,10D,11D,12D,13D,14D,15D,16D,17D,18D,19D,20D,21D,22D,23D,24D,25D,26D,27D,28D,29D. The van der Waals surface area contributed by atoms with Crippen LogP contribution in [-0.4, -0.2) is 6.71 Å². The largest absolute Gasteiger partial charge is 0.458 e. The predicted octanol–water partition coefficient (Wildman–Crippen LogP) is 11.5. The van der Waals surface area contributed by atoms with Crippen molar-refractivity contribution in [3.8, 4) is 67.5 Å². The summed E-state index contributed by atoms with van der Waals surface area (Å²) in [6.45, 7) is -1.60. The molecule has 0 N–H and O–H groups in total. The summed E-state index contributed by atoms with van der Waals surface area (Å²) in [5.74, 6) is -2.35. The number of hydrogen-bond donors (Lipinski definition) is 0. The number of fused-ring (bicyclic) bond motifs is 7. The van der Waals surface area contributed by atoms with E-state index in [0.717, 1.165) is 0 Å². The first-order valence-electron chi connectivity index (χ1n) is 29.8. The second kappa shape index (κ2) is 11.6. The number of ether oxygens (including phenoxy) is 2. The fraction of sp³-hybridized carbons (Fsp3) is 0. The monoisotopic (exact) mass is 709 g/mol. The lowest BCUT2D eigenvalue weighted by atomic mass is 9.35. The van der Waals surface area contributed by atoms with E-state index in [1.807, 2.05) is 0 Å². The van der Waals surface area contributed by atoms with Crippen molar-refractivity contribution in [2.75, 3.05) is 0 Å². The Hall–Kier alpha value is -6.36. The van der Waals surface area contributed by atoms with Crippen LogP contribution in [0.15, 0.2) is 175 Å². The zero-order chi connectivity index (χ0) is 59.4. The van der Waals surface area contributed by atoms with Crippen molar-refractivity contribution in [3.63, 3.8) is 0 Å². The van der Waals surface area contributed by atoms with E-state index in [9.17, 15) is 12.3 Å². The van der Waals surface area contributed by atoms with Gasteiger partial charge in [-0.2, -0.15) is 0 Å². The van der Waals surface area contributed by atoms with Crippen LogP contribution in [0.25, 0.3) is 64.7 Å². The Balaban J connectivity index is 1.18. The quantitative estimate of drug-likeness (QED) is 0.169. The van der Waals surface area contributed by atoms with Gasteiger partial charge in [0.25, 0.3) is 6.71 Å². The minimum atomic E-state index is -1.60. The minimum Gasteiger partial charge on any atom is -0.458 e. The van der Waals surface area contributed by atoms with E-state index in [2.05, 4.69) is 0 Å². The molecule has 242 valence electrons. The molecule has 0 fully saturated rings. The molecule has 0 aliphatic carbocycles. The molecule has 2 aliphatic rings. The third-order valence-electron chi connectivity index (χ3n) is 8.46. The highest BCUT2D eigenvalue weighted by Crippen LogP contribution is 2.45. The molecule has 0 atom stereocenters. The Morgan fingerprint density at radius 2 is 0.827 bits per heavy atom. The molecule has 4 heteroatoms. The fourth-order valence-corrected chi connectivity index (χ4v) is 7.39. The van der Waals surface area contributed by atoms with Crippen LogP contribution in [0.1, 0.15) is 39.8 Å². The van der Waals surface area contributed by atoms with E-state index >= 15 is 0 Å². The molecule has 0 bridgehead atoms. The molecule has 1 aromatic heterocycles. The molecule has 3 heterocycles. The van der Waals surface area contributed by atoms with Gasteiger partial charge in [-0.15, -0.1) is 11.3 Å². The molecule has 8 aromatic carbocycles. The van der Waals surface area contributed by atoms with E-state index in [0.29, 0.717) is 11.3 Å². The van der Waals surface area contributed by atoms with Crippen LogP contribution < -0.4 is 25.9 Å². The lowest BCUT2D eigenvalue weighted by Gasteiger charge is -2.33. The average Bonchev–Trinajstić information content (AvgIpc) is 1.94. The molecule has 2 nitrogen and oxygen atoms in total. The summed E-state index contributed by atoms with van der Waals surface area (Å²) >= 11 is 0.521. The van der Waals surface area contributed by atoms with Crippen LogP contribution in [0, 0.1) is 0 Å². The van der Waals surface area contributed by atoms with Crippen molar-refractivity contribution in [3.05, 3.63) is 175 Å². The molecule has 9 aromatic rings. The molecular weight excluding hydrogens is 651 g/mol. The van der Waals surface area contributed by atoms with Gasteiger partial charge in [0.1, 0.15) is 23.0 Å². The fourth-order valence-electron chi connectivity index (χ4n) is 6.17. The van der Waals surface area contributed by atoms with E-state index in [1.165, 1.54) is 0 Å². The number of thiophene rings is 1. The maximum Gasteiger partial charge on any atom is 0.260 e. The van der Waals surface area contributed by atoms with Gasteiger partial charge in [0.2, 0.25) is 0 Å². The Morgan fingerprint density at radius 3 is 1.37 bits per heavy atom. The summed E-state index contributed by atoms with van der Waals surface area (Å²) in [5.41, 5.74) is -6.34. The Bertz CT molecular complexity index is 4350. The van der Waals surface area contributed by atoms with Gasteiger partial charge >= 0.3 is 0 Å². The number of hydrogen-bond acceptors (Lipinski definition) is 3. The number of benzene rings is 8. The van der Waals surface area contributed by atoms with E-state index in [1.54, 1.807) is 0 Å². The van der Waals surface area contributed by atoms with E-state index in [4.69, 9.17) is 36.9 Å². The van der Waals surface area contributed by atoms with E-state index < -0.39 is 255 Å². The summed E-state index contributed by atoms with van der Waals surface area (Å²) in [5, 5.41) is -0.783. The zero-order valence-corrected chi connectivity index (χ0v) is 26.6. The summed E-state index contributed by atoms with van der Waals surface area (Å²) in [7, 11) is 0. The lowest BCUT2D eigenvalue weighted by molar-refractivity contribution is 0.465. The van der Waals surface area contributed by atoms with Gasteiger partial charge in [0.05, 0.1) is 39.8 Å². The molecule has 0 spiro atoms. The van der Waals surface area contributed by atoms with Crippen molar-refractivity contribution >= 4 is 54.6 Å². The number of para-hydroxylation sites is 2. The van der Waals surface area contributed by atoms with Gasteiger partial charge in [0.15, 0.2) is 0 Å². The number of rotatable bonds is 4. The topological polar surface area (TPSA) is 18.5 Å². The van der Waals surface area contributed by atoms with Gasteiger partial charge in [-0.3, -0.25) is 0 Å². The molecular formula is C48H29BO2S. The minimum absolute atomic E-state index is 0.294. The van der Waals surface area contributed by atoms with Crippen LogP contribution in [0.2, 0.25) is 0 Å². The van der Waals surface area contributed by atoms with Crippen LogP contribution in [-0.2, 0) is 0 Å². The van der Waals surface area contributed by atoms with Crippen molar-refractivity contribution in [2.45, 2.75) is 0 Å². The van der Waals surface area contributed by atoms with E-state index in [-0.39, 0.29) is 31.2 Å². The van der Waals surface area contributed by atoms with Crippen LogP contribution >= 0.6 is 11.3 Å². The summed E-state index contributed by atoms with van der Waals surface area (Å²) in [6, 6.07) is -24.6. The maximum absolute atomic E-state index is 9.57. The van der Waals surface area contributed by atoms with Gasteiger partial charge in [-0.25, -0.2) is 0 Å². The van der Waals surface area contributed by atoms with Crippen molar-refractivity contribution in [1.29, 1.82) is 0 Å². The van der Waals surface area contributed by atoms with Crippen LogP contribution in [0.5, 0.6) is 23.0 Å². The third-order valence-corrected chi connectivity index (χ3v) is 9.69. The maximum atomic E-state index is 9.57. The molecule has 52 heavy (non-hydrogen) atoms. The molecule has 11 rings (SSSR count). The second-order valence-electron chi connectivity index (χ2n) is 11.3. The highest BCUT2D eigenvalue weighted by molar-refractivity contribution is 7.26. The molecule has 0 saturated carbocycles. The summed E-state index contributed by atoms with van der Waals surface area (Å²) < 4.78 is 270. The Kier molecular flexibility index (Phi) is 2.83. The predicted molar refractivity (Wildman–Crippen MR) is 219 cm³/mol. The van der Waals surface area contributed by atoms with Crippen molar-refractivity contribution < 1.29 is 49.2 Å². The first-order chi connectivity index (χ1) is 37.9. The molecule has 0 saturated heterocycles. The van der Waals surface area contributed by atoms with Gasteiger partial charge < -0.3 is 9.47 Å². The summed E-state index contributed by atoms with van der Waals surface area (Å²) in [6.07, 6.45) is 0. The van der Waals surface area contributed by atoms with Gasteiger partial charge in [-0.1, -0.05) is 151 Å². The molecule has 0 amide bonds. The van der Waals surface area contributed by atoms with Crippen LogP contribution in [0.4, 0.5) is 0 Å². The molecule has 0 radical (unpaired) electrons. The van der Waals surface area contributed by atoms with Crippen LogP contribution in [0.3, 0.4) is 0 Å². The average molecular weight is 710 g/mol. The highest BCUT2D eigenvalue weighted by Gasteiger charge is 2.40. The van der Waals surface area contributed by atoms with Gasteiger partial charge in [-0.05, 0) is 79.6 Å². The normalized spacial score (nSPS) is 20.3. The third kappa shape index (κ3) is 4.58. The first-order valence-corrected chi connectivity index (χ1v) is 16.2. The van der Waals surface area contributed by atoms with Crippen molar-refractivity contribution in [1.82, 2.24) is 0 Å². The molecule has 2 aliphatic heterocycles. The summed E-state index contributed by atoms with van der Waals surface area (Å²) in [4.78, 5) is 0. The van der Waals surface area contributed by atoms with Crippen molar-refractivity contribution in [2.24, 2.45) is 0 Å². The Labute approximate surface area is 347 Å². The zero-order valence-electron chi connectivity index (χ0n) is 54.8. The Morgan fingerprint density at radius 1 is 0.385 bits per heavy atom. The molecule has 0 unspecified atom stereocenters. The second-order valence-corrected chi connectivity index (χ2v) is 12.4. The smallest absolute Gasteiger partial charge is 0.260 e. The SMILES string of the molecule is [2H]c1c([2H])c([2H])c(-c2c([2H])c([2H])c(-c3c([2H])c([2H])c([2H])c4c3sc3c(-c5c([2H])c([2H])c(-c6c([2H])c7c8c(c6[2H])Oc6c([2H])c([2H])c([2H])c([2H])c6B8c6c([2H])c([2H])c([2H])c([2H])c6O7)c([2H])c5[2H])c([2H])c([2H])c([2H])c34)c([2H])c2[2H])c([2H])c1[2H]. The lowest BCUT2D eigenvalue weighted by Crippen LogP contribution is -2.57. The highest BCUT2D eigenvalue weighted by atomic mass is 32.1.